The van der Waals surface area contributed by atoms with Gasteiger partial charge in [-0.05, 0) is 29.8 Å². The molecule has 0 aliphatic carbocycles. The molecule has 0 N–H and O–H groups in total. The number of furan rings is 1. The molecule has 5 aromatic rings. The monoisotopic (exact) mass is 410 g/mol. The molecule has 2 aromatic carbocycles. The molecule has 0 amide bonds. The van der Waals surface area contributed by atoms with Crippen LogP contribution < -0.4 is 4.80 Å². The summed E-state index contributed by atoms with van der Waals surface area (Å²) in [6, 6.07) is 25.9. The van der Waals surface area contributed by atoms with Gasteiger partial charge in [0, 0.05) is 17.0 Å². The zero-order valence-corrected chi connectivity index (χ0v) is 16.9. The van der Waals surface area contributed by atoms with E-state index >= 15 is 0 Å². The molecule has 146 valence electrons. The molecule has 6 heteroatoms. The Bertz CT molecular complexity index is 1330. The van der Waals surface area contributed by atoms with E-state index in [0.29, 0.717) is 6.54 Å². The average molecular weight is 411 g/mol. The van der Waals surface area contributed by atoms with Crippen LogP contribution in [-0.4, -0.2) is 15.9 Å². The Morgan fingerprint density at radius 3 is 2.63 bits per heavy atom. The fourth-order valence-electron chi connectivity index (χ4n) is 3.11. The maximum absolute atomic E-state index is 6.08. The van der Waals surface area contributed by atoms with E-state index in [2.05, 4.69) is 22.2 Å². The van der Waals surface area contributed by atoms with Crippen LogP contribution in [-0.2, 0) is 6.54 Å². The van der Waals surface area contributed by atoms with Crippen LogP contribution in [0.1, 0.15) is 11.3 Å². The van der Waals surface area contributed by atoms with E-state index < -0.39 is 0 Å². The Morgan fingerprint density at radius 2 is 1.80 bits per heavy atom. The Hall–Kier alpha value is -3.77. The summed E-state index contributed by atoms with van der Waals surface area (Å²) in [6.07, 6.45) is 3.49. The first kappa shape index (κ1) is 18.3. The van der Waals surface area contributed by atoms with E-state index in [1.165, 1.54) is 11.3 Å². The van der Waals surface area contributed by atoms with Crippen molar-refractivity contribution in [3.8, 4) is 11.5 Å². The Kier molecular flexibility index (Phi) is 5.06. The number of nitrogens with zero attached hydrogens (tertiary/aromatic N) is 4. The van der Waals surface area contributed by atoms with Gasteiger partial charge in [-0.1, -0.05) is 54.6 Å². The Balaban J connectivity index is 1.59. The standard InChI is InChI=1S/C24H18N4OS/c1-2-8-18(9-3-1)15-26-24-28(27-16-20-11-6-7-13-25-20)21(17-30-24)23-14-19-10-4-5-12-22(19)29-23/h1-14,16-17H,15H2. The third-order valence-corrected chi connectivity index (χ3v) is 5.45. The second-order valence-corrected chi connectivity index (χ2v) is 7.50. The van der Waals surface area contributed by atoms with E-state index in [1.54, 1.807) is 12.4 Å². The molecule has 0 saturated carbocycles. The predicted molar refractivity (Wildman–Crippen MR) is 120 cm³/mol. The van der Waals surface area contributed by atoms with Gasteiger partial charge in [0.2, 0.25) is 4.80 Å². The van der Waals surface area contributed by atoms with Gasteiger partial charge >= 0.3 is 0 Å². The molecule has 5 rings (SSSR count). The lowest BCUT2D eigenvalue weighted by Gasteiger charge is -2.01. The average Bonchev–Trinajstić information content (AvgIpc) is 3.41. The molecule has 0 radical (unpaired) electrons. The number of rotatable bonds is 5. The van der Waals surface area contributed by atoms with Gasteiger partial charge in [-0.3, -0.25) is 9.98 Å². The SMILES string of the molecule is C(=Nn1c(-c2cc3ccccc3o2)csc1=NCc1ccccc1)c1ccccn1. The van der Waals surface area contributed by atoms with Crippen LogP contribution in [0.2, 0.25) is 0 Å². The lowest BCUT2D eigenvalue weighted by molar-refractivity contribution is 0.621. The summed E-state index contributed by atoms with van der Waals surface area (Å²) in [7, 11) is 0. The number of aromatic nitrogens is 2. The molecule has 0 unspecified atom stereocenters. The normalized spacial score (nSPS) is 12.2. The van der Waals surface area contributed by atoms with E-state index in [0.717, 1.165) is 38.5 Å². The number of benzene rings is 2. The zero-order valence-electron chi connectivity index (χ0n) is 16.1. The molecule has 3 heterocycles. The summed E-state index contributed by atoms with van der Waals surface area (Å²) in [5, 5.41) is 7.76. The predicted octanol–water partition coefficient (Wildman–Crippen LogP) is 5.34. The van der Waals surface area contributed by atoms with Crippen molar-refractivity contribution in [1.29, 1.82) is 0 Å². The number of pyridine rings is 1. The molecule has 0 atom stereocenters. The van der Waals surface area contributed by atoms with Crippen LogP contribution in [0.25, 0.3) is 22.4 Å². The highest BCUT2D eigenvalue weighted by molar-refractivity contribution is 7.07. The number of hydrogen-bond acceptors (Lipinski definition) is 5. The molecule has 3 aromatic heterocycles. The van der Waals surface area contributed by atoms with Crippen molar-refractivity contribution in [2.24, 2.45) is 10.1 Å². The number of thiazole rings is 1. The van der Waals surface area contributed by atoms with Crippen molar-refractivity contribution in [2.45, 2.75) is 6.54 Å². The minimum absolute atomic E-state index is 0.583. The summed E-state index contributed by atoms with van der Waals surface area (Å²) >= 11 is 1.54. The molecule has 0 spiro atoms. The molecule has 0 aliphatic heterocycles. The summed E-state index contributed by atoms with van der Waals surface area (Å²) in [6.45, 7) is 0.583. The van der Waals surface area contributed by atoms with Crippen LogP contribution in [0.4, 0.5) is 0 Å². The Morgan fingerprint density at radius 1 is 0.967 bits per heavy atom. The molecule has 0 saturated heterocycles. The van der Waals surface area contributed by atoms with Gasteiger partial charge in [-0.25, -0.2) is 4.68 Å². The summed E-state index contributed by atoms with van der Waals surface area (Å²) < 4.78 is 7.90. The molecule has 30 heavy (non-hydrogen) atoms. The molecule has 5 nitrogen and oxygen atoms in total. The fourth-order valence-corrected chi connectivity index (χ4v) is 3.93. The quantitative estimate of drug-likeness (QED) is 0.367. The van der Waals surface area contributed by atoms with Crippen LogP contribution in [0.5, 0.6) is 0 Å². The van der Waals surface area contributed by atoms with Crippen LogP contribution in [0, 0.1) is 0 Å². The van der Waals surface area contributed by atoms with Crippen LogP contribution in [0.15, 0.2) is 105 Å². The van der Waals surface area contributed by atoms with E-state index in [4.69, 9.17) is 9.41 Å². The van der Waals surface area contributed by atoms with Gasteiger partial charge in [0.05, 0.1) is 18.5 Å². The first-order chi connectivity index (χ1) is 14.9. The summed E-state index contributed by atoms with van der Waals surface area (Å²) in [5.74, 6) is 0.756. The van der Waals surface area contributed by atoms with Gasteiger partial charge in [0.15, 0.2) is 5.76 Å². The first-order valence-corrected chi connectivity index (χ1v) is 10.4. The van der Waals surface area contributed by atoms with Crippen molar-refractivity contribution >= 4 is 28.5 Å². The van der Waals surface area contributed by atoms with Gasteiger partial charge in [0.25, 0.3) is 0 Å². The van der Waals surface area contributed by atoms with Crippen molar-refractivity contribution in [3.63, 3.8) is 0 Å². The minimum atomic E-state index is 0.583. The highest BCUT2D eigenvalue weighted by atomic mass is 32.1. The highest BCUT2D eigenvalue weighted by Gasteiger charge is 2.12. The van der Waals surface area contributed by atoms with E-state index in [1.807, 2.05) is 76.8 Å². The fraction of sp³-hybridized carbons (Fsp3) is 0.0417. The van der Waals surface area contributed by atoms with E-state index in [9.17, 15) is 0 Å². The zero-order chi connectivity index (χ0) is 20.2. The summed E-state index contributed by atoms with van der Waals surface area (Å²) in [5.41, 5.74) is 3.63. The second-order valence-electron chi connectivity index (χ2n) is 6.66. The molecular weight excluding hydrogens is 392 g/mol. The molecular formula is C24H18N4OS. The topological polar surface area (TPSA) is 55.7 Å². The molecule has 0 aliphatic rings. The molecule has 0 bridgehead atoms. The van der Waals surface area contributed by atoms with Crippen molar-refractivity contribution in [2.75, 3.05) is 0 Å². The lowest BCUT2D eigenvalue weighted by Crippen LogP contribution is -2.12. The highest BCUT2D eigenvalue weighted by Crippen LogP contribution is 2.28. The second kappa shape index (κ2) is 8.31. The smallest absolute Gasteiger partial charge is 0.206 e. The first-order valence-electron chi connectivity index (χ1n) is 9.56. The van der Waals surface area contributed by atoms with Crippen LogP contribution in [0.3, 0.4) is 0 Å². The lowest BCUT2D eigenvalue weighted by atomic mass is 10.2. The largest absolute Gasteiger partial charge is 0.454 e. The van der Waals surface area contributed by atoms with Gasteiger partial charge in [0.1, 0.15) is 11.3 Å². The summed E-state index contributed by atoms with van der Waals surface area (Å²) in [4.78, 5) is 9.91. The van der Waals surface area contributed by atoms with Gasteiger partial charge in [-0.2, -0.15) is 5.10 Å². The van der Waals surface area contributed by atoms with E-state index in [-0.39, 0.29) is 0 Å². The number of hydrogen-bond donors (Lipinski definition) is 0. The minimum Gasteiger partial charge on any atom is -0.454 e. The van der Waals surface area contributed by atoms with Crippen LogP contribution >= 0.6 is 11.3 Å². The molecule has 0 fully saturated rings. The Labute approximate surface area is 177 Å². The number of para-hydroxylation sites is 1. The maximum atomic E-state index is 6.08. The van der Waals surface area contributed by atoms with Crippen molar-refractivity contribution < 1.29 is 4.42 Å². The van der Waals surface area contributed by atoms with Crippen molar-refractivity contribution in [3.05, 3.63) is 106 Å². The third-order valence-electron chi connectivity index (χ3n) is 4.60. The van der Waals surface area contributed by atoms with Gasteiger partial charge < -0.3 is 4.42 Å². The van der Waals surface area contributed by atoms with Crippen molar-refractivity contribution in [1.82, 2.24) is 9.66 Å². The van der Waals surface area contributed by atoms with Gasteiger partial charge in [-0.15, -0.1) is 11.3 Å². The number of fused-ring (bicyclic) bond motifs is 1. The third kappa shape index (κ3) is 3.86. The maximum Gasteiger partial charge on any atom is 0.206 e.